The van der Waals surface area contributed by atoms with Gasteiger partial charge < -0.3 is 29.9 Å². The molecule has 0 aliphatic carbocycles. The second kappa shape index (κ2) is 11.5. The minimum Gasteiger partial charge on any atom is -0.456 e. The Kier molecular flexibility index (Phi) is 8.74. The van der Waals surface area contributed by atoms with E-state index in [4.69, 9.17) is 9.47 Å². The Morgan fingerprint density at radius 3 is 2.28 bits per heavy atom. The zero-order valence-electron chi connectivity index (χ0n) is 16.4. The lowest BCUT2D eigenvalue weighted by molar-refractivity contribution is -0.152. The summed E-state index contributed by atoms with van der Waals surface area (Å²) < 4.78 is 9.89. The number of carbonyl (C=O) groups is 4. The monoisotopic (exact) mass is 406 g/mol. The Labute approximate surface area is 169 Å². The van der Waals surface area contributed by atoms with E-state index in [0.29, 0.717) is 38.5 Å². The minimum atomic E-state index is -0.580. The van der Waals surface area contributed by atoms with Crippen LogP contribution in [0.3, 0.4) is 0 Å². The molecule has 1 aromatic carbocycles. The lowest BCUT2D eigenvalue weighted by atomic mass is 10.3. The van der Waals surface area contributed by atoms with Gasteiger partial charge in [0.05, 0.1) is 13.0 Å². The fourth-order valence-corrected chi connectivity index (χ4v) is 2.63. The Morgan fingerprint density at radius 2 is 1.62 bits per heavy atom. The van der Waals surface area contributed by atoms with Gasteiger partial charge in [-0.15, -0.1) is 0 Å². The summed E-state index contributed by atoms with van der Waals surface area (Å²) in [6.45, 7) is 3.22. The van der Waals surface area contributed by atoms with Gasteiger partial charge in [0.2, 0.25) is 0 Å². The van der Waals surface area contributed by atoms with Crippen molar-refractivity contribution < 1.29 is 28.7 Å². The molecule has 2 rings (SSSR count). The number of amides is 4. The van der Waals surface area contributed by atoms with Crippen LogP contribution in [0.4, 0.5) is 15.3 Å². The largest absolute Gasteiger partial charge is 0.456 e. The SMILES string of the molecule is CCOC(=O)N1CCN(C(=O)COC(=O)CCNC(=O)Nc2ccccc2)CC1. The molecule has 1 aromatic rings. The van der Waals surface area contributed by atoms with Crippen LogP contribution < -0.4 is 10.6 Å². The fraction of sp³-hybridized carbons (Fsp3) is 0.474. The van der Waals surface area contributed by atoms with E-state index in [9.17, 15) is 19.2 Å². The molecule has 2 N–H and O–H groups in total. The molecule has 158 valence electrons. The molecule has 0 saturated carbocycles. The van der Waals surface area contributed by atoms with Crippen LogP contribution in [-0.4, -0.2) is 79.7 Å². The molecule has 29 heavy (non-hydrogen) atoms. The van der Waals surface area contributed by atoms with Gasteiger partial charge >= 0.3 is 18.1 Å². The van der Waals surface area contributed by atoms with E-state index < -0.39 is 18.1 Å². The molecule has 10 nitrogen and oxygen atoms in total. The fourth-order valence-electron chi connectivity index (χ4n) is 2.63. The maximum Gasteiger partial charge on any atom is 0.409 e. The molecule has 10 heteroatoms. The molecule has 4 amide bonds. The van der Waals surface area contributed by atoms with Crippen LogP contribution in [-0.2, 0) is 19.1 Å². The molecule has 0 radical (unpaired) electrons. The summed E-state index contributed by atoms with van der Waals surface area (Å²) in [6, 6.07) is 8.47. The summed E-state index contributed by atoms with van der Waals surface area (Å²) in [5.74, 6) is -0.903. The van der Waals surface area contributed by atoms with E-state index in [1.807, 2.05) is 6.07 Å². The van der Waals surface area contributed by atoms with Gasteiger partial charge in [0.1, 0.15) is 0 Å². The summed E-state index contributed by atoms with van der Waals surface area (Å²) >= 11 is 0. The quantitative estimate of drug-likeness (QED) is 0.654. The van der Waals surface area contributed by atoms with E-state index in [1.54, 1.807) is 31.2 Å². The van der Waals surface area contributed by atoms with Crippen LogP contribution in [0.15, 0.2) is 30.3 Å². The van der Waals surface area contributed by atoms with E-state index in [1.165, 1.54) is 9.80 Å². The molecule has 1 saturated heterocycles. The van der Waals surface area contributed by atoms with Crippen molar-refractivity contribution in [1.82, 2.24) is 15.1 Å². The molecule has 1 fully saturated rings. The number of piperazine rings is 1. The summed E-state index contributed by atoms with van der Waals surface area (Å²) in [5, 5.41) is 5.17. The van der Waals surface area contributed by atoms with Gasteiger partial charge in [-0.3, -0.25) is 9.59 Å². The van der Waals surface area contributed by atoms with Crippen LogP contribution in [0.5, 0.6) is 0 Å². The molecule has 0 aromatic heterocycles. The first-order valence-electron chi connectivity index (χ1n) is 9.44. The van der Waals surface area contributed by atoms with Crippen molar-refractivity contribution in [3.05, 3.63) is 30.3 Å². The first-order chi connectivity index (χ1) is 14.0. The summed E-state index contributed by atoms with van der Waals surface area (Å²) in [4.78, 5) is 50.3. The maximum atomic E-state index is 12.1. The third kappa shape index (κ3) is 7.68. The normalized spacial score (nSPS) is 13.4. The van der Waals surface area contributed by atoms with Crippen molar-refractivity contribution in [3.8, 4) is 0 Å². The summed E-state index contributed by atoms with van der Waals surface area (Å²) in [5.41, 5.74) is 0.640. The third-order valence-electron chi connectivity index (χ3n) is 4.16. The number of para-hydroxylation sites is 1. The summed E-state index contributed by atoms with van der Waals surface area (Å²) in [6.07, 6.45) is -0.443. The number of carbonyl (C=O) groups excluding carboxylic acids is 4. The van der Waals surface area contributed by atoms with Crippen molar-refractivity contribution in [2.75, 3.05) is 51.3 Å². The van der Waals surface area contributed by atoms with E-state index in [-0.39, 0.29) is 25.5 Å². The smallest absolute Gasteiger partial charge is 0.409 e. The number of benzene rings is 1. The predicted octanol–water partition coefficient (Wildman–Crippen LogP) is 1.04. The average Bonchev–Trinajstić information content (AvgIpc) is 2.73. The predicted molar refractivity (Wildman–Crippen MR) is 104 cm³/mol. The molecule has 1 aliphatic rings. The van der Waals surface area contributed by atoms with Crippen molar-refractivity contribution in [3.63, 3.8) is 0 Å². The standard InChI is InChI=1S/C19H26N4O6/c1-2-28-19(27)23-12-10-22(11-13-23)16(24)14-29-17(25)8-9-20-18(26)21-15-6-4-3-5-7-15/h3-7H,2,8-14H2,1H3,(H2,20,21,26). The van der Waals surface area contributed by atoms with Gasteiger partial charge in [0, 0.05) is 38.4 Å². The molecule has 0 atom stereocenters. The van der Waals surface area contributed by atoms with E-state index in [2.05, 4.69) is 10.6 Å². The van der Waals surface area contributed by atoms with Gasteiger partial charge in [0.25, 0.3) is 5.91 Å². The van der Waals surface area contributed by atoms with Crippen molar-refractivity contribution in [2.24, 2.45) is 0 Å². The lowest BCUT2D eigenvalue weighted by Crippen LogP contribution is -2.51. The zero-order valence-corrected chi connectivity index (χ0v) is 16.4. The lowest BCUT2D eigenvalue weighted by Gasteiger charge is -2.33. The second-order valence-electron chi connectivity index (χ2n) is 6.22. The van der Waals surface area contributed by atoms with Gasteiger partial charge in [-0.05, 0) is 19.1 Å². The number of hydrogen-bond donors (Lipinski definition) is 2. The van der Waals surface area contributed by atoms with Crippen LogP contribution in [0.25, 0.3) is 0 Å². The number of rotatable bonds is 7. The minimum absolute atomic E-state index is 0.0495. The Hall–Kier alpha value is -3.30. The van der Waals surface area contributed by atoms with Gasteiger partial charge in [-0.2, -0.15) is 0 Å². The van der Waals surface area contributed by atoms with Gasteiger partial charge in [-0.25, -0.2) is 9.59 Å². The molecular formula is C19H26N4O6. The Bertz CT molecular complexity index is 704. The number of ether oxygens (including phenoxy) is 2. The molecule has 0 spiro atoms. The van der Waals surface area contributed by atoms with Crippen LogP contribution in [0.1, 0.15) is 13.3 Å². The molecule has 1 heterocycles. The number of anilines is 1. The Balaban J connectivity index is 1.58. The van der Waals surface area contributed by atoms with Crippen LogP contribution >= 0.6 is 0 Å². The van der Waals surface area contributed by atoms with Crippen LogP contribution in [0.2, 0.25) is 0 Å². The molecule has 0 unspecified atom stereocenters. The summed E-state index contributed by atoms with van der Waals surface area (Å²) in [7, 11) is 0. The second-order valence-corrected chi connectivity index (χ2v) is 6.22. The molecule has 0 bridgehead atoms. The highest BCUT2D eigenvalue weighted by Crippen LogP contribution is 2.05. The molecule has 1 aliphatic heterocycles. The zero-order chi connectivity index (χ0) is 21.1. The Morgan fingerprint density at radius 1 is 0.966 bits per heavy atom. The van der Waals surface area contributed by atoms with Crippen LogP contribution in [0, 0.1) is 0 Å². The highest BCUT2D eigenvalue weighted by atomic mass is 16.6. The van der Waals surface area contributed by atoms with Crippen molar-refractivity contribution >= 4 is 29.7 Å². The number of nitrogens with one attached hydrogen (secondary N) is 2. The number of urea groups is 1. The average molecular weight is 406 g/mol. The number of esters is 1. The van der Waals surface area contributed by atoms with E-state index in [0.717, 1.165) is 0 Å². The van der Waals surface area contributed by atoms with Gasteiger partial charge in [0.15, 0.2) is 6.61 Å². The van der Waals surface area contributed by atoms with Gasteiger partial charge in [-0.1, -0.05) is 18.2 Å². The number of nitrogens with zero attached hydrogens (tertiary/aromatic N) is 2. The highest BCUT2D eigenvalue weighted by Gasteiger charge is 2.25. The van der Waals surface area contributed by atoms with Crippen molar-refractivity contribution in [2.45, 2.75) is 13.3 Å². The first kappa shape index (κ1) is 22.0. The van der Waals surface area contributed by atoms with E-state index >= 15 is 0 Å². The third-order valence-corrected chi connectivity index (χ3v) is 4.16. The number of hydrogen-bond acceptors (Lipinski definition) is 6. The molecular weight excluding hydrogens is 380 g/mol. The van der Waals surface area contributed by atoms with Crippen molar-refractivity contribution in [1.29, 1.82) is 0 Å². The maximum absolute atomic E-state index is 12.1. The first-order valence-corrected chi connectivity index (χ1v) is 9.44. The highest BCUT2D eigenvalue weighted by molar-refractivity contribution is 5.89. The topological polar surface area (TPSA) is 117 Å².